The molecule has 4 rings (SSSR count). The number of rotatable bonds is 5. The monoisotopic (exact) mass is 388 g/mol. The average molecular weight is 388 g/mol. The molecule has 2 aromatic heterocycles. The number of aliphatic carboxylic acids is 1. The Balaban J connectivity index is 1.69. The summed E-state index contributed by atoms with van der Waals surface area (Å²) in [5.41, 5.74) is 8.80. The molecule has 0 saturated carbocycles. The fourth-order valence-electron chi connectivity index (χ4n) is 2.91. The number of hydrogen-bond donors (Lipinski definition) is 2. The van der Waals surface area contributed by atoms with Crippen molar-refractivity contribution in [2.75, 3.05) is 5.73 Å². The standard InChI is InChI=1S/C22H16N2O3S/c23-22-20-18(13-28-21(20)15(12-24-22)8-11-19(25)26)14-6-9-17(10-7-14)27-16-4-2-1-3-5-16/h1-13H,(H2,23,24)(H,25,26). The molecule has 0 aliphatic carbocycles. The number of pyridine rings is 1. The third kappa shape index (κ3) is 3.58. The molecule has 0 bridgehead atoms. The third-order valence-electron chi connectivity index (χ3n) is 4.20. The highest BCUT2D eigenvalue weighted by molar-refractivity contribution is 7.18. The highest BCUT2D eigenvalue weighted by Gasteiger charge is 2.13. The van der Waals surface area contributed by atoms with Gasteiger partial charge in [0.1, 0.15) is 17.3 Å². The highest BCUT2D eigenvalue weighted by Crippen LogP contribution is 2.39. The van der Waals surface area contributed by atoms with Gasteiger partial charge in [0, 0.05) is 33.5 Å². The Morgan fingerprint density at radius 1 is 1.07 bits per heavy atom. The molecule has 138 valence electrons. The van der Waals surface area contributed by atoms with E-state index in [4.69, 9.17) is 15.6 Å². The lowest BCUT2D eigenvalue weighted by molar-refractivity contribution is -0.131. The molecule has 0 saturated heterocycles. The molecular formula is C22H16N2O3S. The normalized spacial score (nSPS) is 11.1. The van der Waals surface area contributed by atoms with Crippen LogP contribution in [-0.4, -0.2) is 16.1 Å². The number of benzene rings is 2. The largest absolute Gasteiger partial charge is 0.478 e. The molecule has 0 fully saturated rings. The highest BCUT2D eigenvalue weighted by atomic mass is 32.1. The van der Waals surface area contributed by atoms with E-state index in [0.29, 0.717) is 5.82 Å². The van der Waals surface area contributed by atoms with Gasteiger partial charge in [0.05, 0.1) is 0 Å². The topological polar surface area (TPSA) is 85.4 Å². The van der Waals surface area contributed by atoms with Crippen molar-refractivity contribution < 1.29 is 14.6 Å². The number of carboxylic acid groups (broad SMARTS) is 1. The molecular weight excluding hydrogens is 372 g/mol. The van der Waals surface area contributed by atoms with Crippen LogP contribution in [-0.2, 0) is 4.79 Å². The number of carboxylic acids is 1. The maximum absolute atomic E-state index is 10.8. The van der Waals surface area contributed by atoms with Gasteiger partial charge in [-0.25, -0.2) is 9.78 Å². The lowest BCUT2D eigenvalue weighted by Gasteiger charge is -2.07. The second-order valence-electron chi connectivity index (χ2n) is 6.06. The van der Waals surface area contributed by atoms with Crippen LogP contribution in [0.3, 0.4) is 0 Å². The van der Waals surface area contributed by atoms with E-state index in [2.05, 4.69) is 4.98 Å². The summed E-state index contributed by atoms with van der Waals surface area (Å²) < 4.78 is 6.74. The van der Waals surface area contributed by atoms with Gasteiger partial charge in [0.15, 0.2) is 0 Å². The van der Waals surface area contributed by atoms with Crippen molar-refractivity contribution in [3.63, 3.8) is 0 Å². The van der Waals surface area contributed by atoms with E-state index >= 15 is 0 Å². The summed E-state index contributed by atoms with van der Waals surface area (Å²) in [5, 5.41) is 11.7. The number of carbonyl (C=O) groups is 1. The molecule has 0 amide bonds. The number of hydrogen-bond acceptors (Lipinski definition) is 5. The van der Waals surface area contributed by atoms with Crippen LogP contribution in [0.4, 0.5) is 5.82 Å². The summed E-state index contributed by atoms with van der Waals surface area (Å²) in [6.07, 6.45) is 4.23. The van der Waals surface area contributed by atoms with E-state index in [1.807, 2.05) is 60.0 Å². The second kappa shape index (κ2) is 7.54. The number of nitrogens with zero attached hydrogens (tertiary/aromatic N) is 1. The molecule has 0 spiro atoms. The van der Waals surface area contributed by atoms with E-state index in [9.17, 15) is 4.79 Å². The molecule has 0 radical (unpaired) electrons. The minimum Gasteiger partial charge on any atom is -0.478 e. The first-order valence-corrected chi connectivity index (χ1v) is 9.40. The molecule has 6 heteroatoms. The molecule has 0 aliphatic heterocycles. The zero-order chi connectivity index (χ0) is 19.5. The number of aromatic nitrogens is 1. The van der Waals surface area contributed by atoms with Gasteiger partial charge in [-0.1, -0.05) is 30.3 Å². The van der Waals surface area contributed by atoms with E-state index in [1.54, 1.807) is 6.20 Å². The van der Waals surface area contributed by atoms with Gasteiger partial charge in [-0.15, -0.1) is 11.3 Å². The van der Waals surface area contributed by atoms with Crippen molar-refractivity contribution in [1.82, 2.24) is 4.98 Å². The molecule has 2 aromatic carbocycles. The number of para-hydroxylation sites is 1. The zero-order valence-corrected chi connectivity index (χ0v) is 15.5. The lowest BCUT2D eigenvalue weighted by atomic mass is 10.0. The van der Waals surface area contributed by atoms with Crippen LogP contribution < -0.4 is 10.5 Å². The molecule has 0 aliphatic rings. The number of nitrogen functional groups attached to an aromatic ring is 1. The van der Waals surface area contributed by atoms with Crippen molar-refractivity contribution in [1.29, 1.82) is 0 Å². The fourth-order valence-corrected chi connectivity index (χ4v) is 3.99. The van der Waals surface area contributed by atoms with Crippen molar-refractivity contribution >= 4 is 39.3 Å². The zero-order valence-electron chi connectivity index (χ0n) is 14.7. The van der Waals surface area contributed by atoms with Gasteiger partial charge < -0.3 is 15.6 Å². The molecule has 5 nitrogen and oxygen atoms in total. The Labute approximate surface area is 165 Å². The molecule has 0 atom stereocenters. The Morgan fingerprint density at radius 3 is 2.50 bits per heavy atom. The van der Waals surface area contributed by atoms with Crippen molar-refractivity contribution in [2.45, 2.75) is 0 Å². The Hall–Kier alpha value is -3.64. The van der Waals surface area contributed by atoms with Gasteiger partial charge in [0.2, 0.25) is 0 Å². The smallest absolute Gasteiger partial charge is 0.328 e. The third-order valence-corrected chi connectivity index (χ3v) is 5.23. The van der Waals surface area contributed by atoms with Gasteiger partial charge >= 0.3 is 5.97 Å². The van der Waals surface area contributed by atoms with Crippen molar-refractivity contribution in [3.8, 4) is 22.6 Å². The number of thiophene rings is 1. The maximum Gasteiger partial charge on any atom is 0.328 e. The maximum atomic E-state index is 10.8. The molecule has 4 aromatic rings. The van der Waals surface area contributed by atoms with Crippen LogP contribution in [0.1, 0.15) is 5.56 Å². The molecule has 2 heterocycles. The number of ether oxygens (including phenoxy) is 1. The number of fused-ring (bicyclic) bond motifs is 1. The van der Waals surface area contributed by atoms with Gasteiger partial charge in [-0.3, -0.25) is 0 Å². The molecule has 28 heavy (non-hydrogen) atoms. The molecule has 0 unspecified atom stereocenters. The minimum absolute atomic E-state index is 0.420. The lowest BCUT2D eigenvalue weighted by Crippen LogP contribution is -1.93. The number of anilines is 1. The van der Waals surface area contributed by atoms with Crippen LogP contribution in [0.2, 0.25) is 0 Å². The summed E-state index contributed by atoms with van der Waals surface area (Å²) in [5.74, 6) is 0.935. The first kappa shape index (κ1) is 17.8. The van der Waals surface area contributed by atoms with Crippen LogP contribution in [0.5, 0.6) is 11.5 Å². The van der Waals surface area contributed by atoms with E-state index < -0.39 is 5.97 Å². The van der Waals surface area contributed by atoms with Gasteiger partial charge in [-0.05, 0) is 41.3 Å². The van der Waals surface area contributed by atoms with Crippen LogP contribution in [0.15, 0.2) is 72.3 Å². The second-order valence-corrected chi connectivity index (χ2v) is 6.94. The fraction of sp³-hybridized carbons (Fsp3) is 0. The van der Waals surface area contributed by atoms with Gasteiger partial charge in [-0.2, -0.15) is 0 Å². The molecule has 3 N–H and O–H groups in total. The van der Waals surface area contributed by atoms with E-state index in [0.717, 1.165) is 44.4 Å². The quantitative estimate of drug-likeness (QED) is 0.445. The Bertz CT molecular complexity index is 1170. The SMILES string of the molecule is Nc1ncc(C=CC(=O)O)c2scc(-c3ccc(Oc4ccccc4)cc3)c12. The Morgan fingerprint density at radius 2 is 1.79 bits per heavy atom. The van der Waals surface area contributed by atoms with E-state index in [-0.39, 0.29) is 0 Å². The number of nitrogens with two attached hydrogens (primary N) is 1. The van der Waals surface area contributed by atoms with Crippen molar-refractivity contribution in [3.05, 3.63) is 77.8 Å². The van der Waals surface area contributed by atoms with Gasteiger partial charge in [0.25, 0.3) is 0 Å². The van der Waals surface area contributed by atoms with Crippen LogP contribution in [0.25, 0.3) is 27.3 Å². The van der Waals surface area contributed by atoms with Crippen molar-refractivity contribution in [2.24, 2.45) is 0 Å². The predicted molar refractivity (Wildman–Crippen MR) is 113 cm³/mol. The summed E-state index contributed by atoms with van der Waals surface area (Å²) >= 11 is 1.51. The summed E-state index contributed by atoms with van der Waals surface area (Å²) in [6, 6.07) is 17.3. The predicted octanol–water partition coefficient (Wildman–Crippen LogP) is 5.44. The first-order valence-electron chi connectivity index (χ1n) is 8.52. The average Bonchev–Trinajstić information content (AvgIpc) is 3.15. The van der Waals surface area contributed by atoms with Crippen LogP contribution in [0, 0.1) is 0 Å². The Kier molecular flexibility index (Phi) is 4.78. The first-order chi connectivity index (χ1) is 13.6. The summed E-state index contributed by atoms with van der Waals surface area (Å²) in [7, 11) is 0. The summed E-state index contributed by atoms with van der Waals surface area (Å²) in [4.78, 5) is 15.1. The minimum atomic E-state index is -1.00. The summed E-state index contributed by atoms with van der Waals surface area (Å²) in [6.45, 7) is 0. The van der Waals surface area contributed by atoms with Crippen LogP contribution >= 0.6 is 11.3 Å². The van der Waals surface area contributed by atoms with E-state index in [1.165, 1.54) is 17.4 Å².